The average molecular weight is 218 g/mol. The van der Waals surface area contributed by atoms with Gasteiger partial charge in [-0.2, -0.15) is 0 Å². The number of nitrogens with zero attached hydrogens (tertiary/aromatic N) is 1. The Labute approximate surface area is 93.3 Å². The molecule has 1 aromatic heterocycles. The van der Waals surface area contributed by atoms with Gasteiger partial charge in [0.15, 0.2) is 0 Å². The normalized spacial score (nSPS) is 11.9. The summed E-state index contributed by atoms with van der Waals surface area (Å²) in [5.74, 6) is -0.792. The summed E-state index contributed by atoms with van der Waals surface area (Å²) in [6, 6.07) is 5.77. The molecule has 2 rings (SSSR count). The Kier molecular flexibility index (Phi) is 2.42. The fourth-order valence-corrected chi connectivity index (χ4v) is 1.72. The minimum absolute atomic E-state index is 0.477. The summed E-state index contributed by atoms with van der Waals surface area (Å²) < 4.78 is 0. The Morgan fingerprint density at radius 1 is 1.50 bits per heavy atom. The fourth-order valence-electron chi connectivity index (χ4n) is 1.72. The molecule has 16 heavy (non-hydrogen) atoms. The monoisotopic (exact) mass is 218 g/mol. The molecule has 4 heteroatoms. The van der Waals surface area contributed by atoms with Crippen molar-refractivity contribution in [2.75, 3.05) is 0 Å². The summed E-state index contributed by atoms with van der Waals surface area (Å²) in [6.07, 6.45) is 2.10. The van der Waals surface area contributed by atoms with Crippen molar-refractivity contribution in [2.24, 2.45) is 5.41 Å². The van der Waals surface area contributed by atoms with Crippen LogP contribution in [0, 0.1) is 5.41 Å². The van der Waals surface area contributed by atoms with Crippen LogP contribution in [0.3, 0.4) is 0 Å². The number of imidazole rings is 1. The largest absolute Gasteiger partial charge is 0.481 e. The van der Waals surface area contributed by atoms with Crippen LogP contribution in [0.5, 0.6) is 0 Å². The number of nitrogens with one attached hydrogen (secondary N) is 1. The van der Waals surface area contributed by atoms with Crippen LogP contribution in [0.25, 0.3) is 11.0 Å². The van der Waals surface area contributed by atoms with Gasteiger partial charge in [-0.15, -0.1) is 0 Å². The van der Waals surface area contributed by atoms with Crippen molar-refractivity contribution in [3.63, 3.8) is 0 Å². The number of carboxylic acid groups (broad SMARTS) is 1. The molecule has 2 N–H and O–H groups in total. The number of carboxylic acids is 1. The van der Waals surface area contributed by atoms with Gasteiger partial charge in [0.25, 0.3) is 0 Å². The van der Waals surface area contributed by atoms with Crippen molar-refractivity contribution in [3.8, 4) is 0 Å². The minimum Gasteiger partial charge on any atom is -0.481 e. The number of aromatic amines is 1. The van der Waals surface area contributed by atoms with E-state index in [9.17, 15) is 4.79 Å². The van der Waals surface area contributed by atoms with Crippen molar-refractivity contribution in [1.29, 1.82) is 0 Å². The Balaban J connectivity index is 2.41. The van der Waals surface area contributed by atoms with E-state index >= 15 is 0 Å². The molecule has 0 amide bonds. The maximum atomic E-state index is 11.1. The molecule has 84 valence electrons. The molecule has 2 aromatic rings. The van der Waals surface area contributed by atoms with Crippen LogP contribution >= 0.6 is 0 Å². The van der Waals surface area contributed by atoms with Crippen molar-refractivity contribution >= 4 is 17.0 Å². The summed E-state index contributed by atoms with van der Waals surface area (Å²) in [6.45, 7) is 3.45. The maximum absolute atomic E-state index is 11.1. The Bertz CT molecular complexity index is 529. The van der Waals surface area contributed by atoms with Gasteiger partial charge in [-0.3, -0.25) is 4.79 Å². The molecule has 1 heterocycles. The highest BCUT2D eigenvalue weighted by atomic mass is 16.4. The molecule has 1 aromatic carbocycles. The van der Waals surface area contributed by atoms with E-state index in [0.29, 0.717) is 6.42 Å². The minimum atomic E-state index is -0.792. The van der Waals surface area contributed by atoms with Crippen molar-refractivity contribution < 1.29 is 9.90 Å². The van der Waals surface area contributed by atoms with Crippen LogP contribution in [-0.4, -0.2) is 21.0 Å². The molecule has 0 aliphatic heterocycles. The lowest BCUT2D eigenvalue weighted by molar-refractivity contribution is -0.146. The number of H-pyrrole nitrogens is 1. The average Bonchev–Trinajstić information content (AvgIpc) is 2.65. The lowest BCUT2D eigenvalue weighted by Crippen LogP contribution is -2.26. The molecular weight excluding hydrogens is 204 g/mol. The molecule has 0 saturated heterocycles. The second-order valence-corrected chi connectivity index (χ2v) is 4.58. The molecule has 0 atom stereocenters. The molecule has 0 aliphatic rings. The van der Waals surface area contributed by atoms with Crippen LogP contribution in [-0.2, 0) is 11.2 Å². The quantitative estimate of drug-likeness (QED) is 0.830. The summed E-state index contributed by atoms with van der Waals surface area (Å²) in [7, 11) is 0. The molecule has 0 saturated carbocycles. The maximum Gasteiger partial charge on any atom is 0.309 e. The summed E-state index contributed by atoms with van der Waals surface area (Å²) in [4.78, 5) is 18.3. The van der Waals surface area contributed by atoms with Gasteiger partial charge >= 0.3 is 5.97 Å². The number of hydrogen-bond donors (Lipinski definition) is 2. The van der Waals surface area contributed by atoms with E-state index in [1.54, 1.807) is 20.2 Å². The van der Waals surface area contributed by atoms with Crippen LogP contribution in [0.15, 0.2) is 24.5 Å². The van der Waals surface area contributed by atoms with E-state index in [1.807, 2.05) is 18.2 Å². The molecular formula is C12H14N2O2. The highest BCUT2D eigenvalue weighted by molar-refractivity contribution is 5.80. The number of carbonyl (C=O) groups is 1. The first kappa shape index (κ1) is 10.7. The third-order valence-corrected chi connectivity index (χ3v) is 2.74. The van der Waals surface area contributed by atoms with Crippen molar-refractivity contribution in [3.05, 3.63) is 30.1 Å². The second kappa shape index (κ2) is 3.63. The van der Waals surface area contributed by atoms with E-state index in [-0.39, 0.29) is 0 Å². The number of fused-ring (bicyclic) bond motifs is 1. The molecule has 0 spiro atoms. The van der Waals surface area contributed by atoms with Crippen molar-refractivity contribution in [1.82, 2.24) is 9.97 Å². The molecule has 0 unspecified atom stereocenters. The third kappa shape index (κ3) is 1.78. The van der Waals surface area contributed by atoms with Gasteiger partial charge in [0.2, 0.25) is 0 Å². The van der Waals surface area contributed by atoms with E-state index in [1.165, 1.54) is 0 Å². The number of para-hydroxylation sites is 1. The molecule has 0 radical (unpaired) electrons. The summed E-state index contributed by atoms with van der Waals surface area (Å²) in [5.41, 5.74) is 1.99. The highest BCUT2D eigenvalue weighted by Crippen LogP contribution is 2.25. The summed E-state index contributed by atoms with van der Waals surface area (Å²) in [5, 5.41) is 9.10. The molecule has 0 fully saturated rings. The van der Waals surface area contributed by atoms with Gasteiger partial charge in [-0.05, 0) is 31.9 Å². The molecule has 0 bridgehead atoms. The number of benzene rings is 1. The number of aliphatic carboxylic acids is 1. The van der Waals surface area contributed by atoms with Gasteiger partial charge in [0.05, 0.1) is 22.8 Å². The van der Waals surface area contributed by atoms with Gasteiger partial charge in [0.1, 0.15) is 0 Å². The molecule has 4 nitrogen and oxygen atoms in total. The van der Waals surface area contributed by atoms with E-state index < -0.39 is 11.4 Å². The number of rotatable bonds is 3. The van der Waals surface area contributed by atoms with E-state index in [2.05, 4.69) is 9.97 Å². The Hall–Kier alpha value is -1.84. The van der Waals surface area contributed by atoms with Crippen molar-refractivity contribution in [2.45, 2.75) is 20.3 Å². The van der Waals surface area contributed by atoms with Gasteiger partial charge in [0, 0.05) is 0 Å². The number of hydrogen-bond acceptors (Lipinski definition) is 2. The zero-order valence-corrected chi connectivity index (χ0v) is 9.32. The standard InChI is InChI=1S/C12H14N2O2/c1-12(2,11(15)16)6-8-4-3-5-9-10(8)14-7-13-9/h3-5,7H,6H2,1-2H3,(H,13,14)(H,15,16). The van der Waals surface area contributed by atoms with Gasteiger partial charge in [-0.1, -0.05) is 12.1 Å². The second-order valence-electron chi connectivity index (χ2n) is 4.58. The smallest absolute Gasteiger partial charge is 0.309 e. The van der Waals surface area contributed by atoms with E-state index in [0.717, 1.165) is 16.6 Å². The lowest BCUT2D eigenvalue weighted by Gasteiger charge is -2.18. The van der Waals surface area contributed by atoms with Crippen LogP contribution in [0.1, 0.15) is 19.4 Å². The van der Waals surface area contributed by atoms with Crippen LogP contribution in [0.2, 0.25) is 0 Å². The first-order valence-electron chi connectivity index (χ1n) is 5.15. The first-order valence-corrected chi connectivity index (χ1v) is 5.15. The highest BCUT2D eigenvalue weighted by Gasteiger charge is 2.28. The zero-order chi connectivity index (χ0) is 11.8. The molecule has 0 aliphatic carbocycles. The third-order valence-electron chi connectivity index (χ3n) is 2.74. The predicted octanol–water partition coefficient (Wildman–Crippen LogP) is 2.22. The Morgan fingerprint density at radius 2 is 2.25 bits per heavy atom. The van der Waals surface area contributed by atoms with Gasteiger partial charge < -0.3 is 10.1 Å². The number of aromatic nitrogens is 2. The van der Waals surface area contributed by atoms with Gasteiger partial charge in [-0.25, -0.2) is 4.98 Å². The Morgan fingerprint density at radius 3 is 2.94 bits per heavy atom. The lowest BCUT2D eigenvalue weighted by atomic mass is 9.85. The summed E-state index contributed by atoms with van der Waals surface area (Å²) >= 11 is 0. The topological polar surface area (TPSA) is 66.0 Å². The zero-order valence-electron chi connectivity index (χ0n) is 9.32. The van der Waals surface area contributed by atoms with Crippen LogP contribution in [0.4, 0.5) is 0 Å². The fraction of sp³-hybridized carbons (Fsp3) is 0.333. The van der Waals surface area contributed by atoms with Crippen LogP contribution < -0.4 is 0 Å². The first-order chi connectivity index (χ1) is 7.50. The predicted molar refractivity (Wildman–Crippen MR) is 61.2 cm³/mol. The van der Waals surface area contributed by atoms with E-state index in [4.69, 9.17) is 5.11 Å². The SMILES string of the molecule is CC(C)(Cc1cccc2[nH]cnc12)C(=O)O.